The van der Waals surface area contributed by atoms with Crippen LogP contribution in [0.5, 0.6) is 5.75 Å². The molecule has 0 fully saturated rings. The van der Waals surface area contributed by atoms with E-state index < -0.39 is 0 Å². The number of rotatable bonds is 12. The van der Waals surface area contributed by atoms with Crippen LogP contribution in [0, 0.1) is 0 Å². The molecule has 0 saturated carbocycles. The average Bonchev–Trinajstić information content (AvgIpc) is 3.30. The molecular formula is C31H36N2O2. The van der Waals surface area contributed by atoms with E-state index >= 15 is 0 Å². The van der Waals surface area contributed by atoms with E-state index in [1.54, 1.807) is 0 Å². The van der Waals surface area contributed by atoms with Gasteiger partial charge in [0.1, 0.15) is 11.3 Å². The highest BCUT2D eigenvalue weighted by Gasteiger charge is 2.16. The van der Waals surface area contributed by atoms with Crippen molar-refractivity contribution in [1.82, 2.24) is 4.98 Å². The Balaban J connectivity index is 1.32. The molecule has 35 heavy (non-hydrogen) atoms. The fourth-order valence-electron chi connectivity index (χ4n) is 4.40. The number of ether oxygens (including phenoxy) is 1. The van der Waals surface area contributed by atoms with Gasteiger partial charge in [-0.1, -0.05) is 62.7 Å². The highest BCUT2D eigenvalue weighted by atomic mass is 16.5. The number of hydrogen-bond acceptors (Lipinski definition) is 4. The molecule has 0 spiro atoms. The molecule has 1 atom stereocenters. The highest BCUT2D eigenvalue weighted by Crippen LogP contribution is 2.25. The minimum Gasteiger partial charge on any atom is -0.494 e. The molecule has 0 radical (unpaired) electrons. The minimum absolute atomic E-state index is 0.409. The van der Waals surface area contributed by atoms with Crippen molar-refractivity contribution in [3.8, 4) is 5.75 Å². The van der Waals surface area contributed by atoms with Crippen LogP contribution in [0.2, 0.25) is 0 Å². The summed E-state index contributed by atoms with van der Waals surface area (Å²) in [5.41, 5.74) is 5.57. The normalized spacial score (nSPS) is 12.3. The molecule has 1 unspecified atom stereocenters. The van der Waals surface area contributed by atoms with Gasteiger partial charge in [0.2, 0.25) is 5.89 Å². The molecule has 4 heteroatoms. The van der Waals surface area contributed by atoms with Gasteiger partial charge >= 0.3 is 0 Å². The maximum absolute atomic E-state index is 6.09. The minimum atomic E-state index is 0.409. The van der Waals surface area contributed by atoms with Crippen molar-refractivity contribution in [3.63, 3.8) is 0 Å². The molecule has 0 N–H and O–H groups in total. The first kappa shape index (κ1) is 24.6. The Labute approximate surface area is 209 Å². The summed E-state index contributed by atoms with van der Waals surface area (Å²) in [6, 6.07) is 25.2. The van der Waals surface area contributed by atoms with Crippen molar-refractivity contribution >= 4 is 28.9 Å². The third-order valence-corrected chi connectivity index (χ3v) is 6.23. The monoisotopic (exact) mass is 468 g/mol. The van der Waals surface area contributed by atoms with Crippen LogP contribution in [0.3, 0.4) is 0 Å². The molecule has 0 saturated heterocycles. The number of hydrogen-bond donors (Lipinski definition) is 0. The summed E-state index contributed by atoms with van der Waals surface area (Å²) >= 11 is 0. The molecular weight excluding hydrogens is 432 g/mol. The van der Waals surface area contributed by atoms with E-state index in [0.29, 0.717) is 18.5 Å². The molecule has 0 aliphatic carbocycles. The Hall–Kier alpha value is -3.53. The fraction of sp³-hybridized carbons (Fsp3) is 0.323. The first-order valence-electron chi connectivity index (χ1n) is 12.8. The van der Waals surface area contributed by atoms with Gasteiger partial charge < -0.3 is 14.1 Å². The maximum atomic E-state index is 6.09. The number of aromatic nitrogens is 1. The van der Waals surface area contributed by atoms with E-state index in [1.165, 1.54) is 11.3 Å². The first-order chi connectivity index (χ1) is 17.2. The van der Waals surface area contributed by atoms with E-state index in [-0.39, 0.29) is 0 Å². The lowest BCUT2D eigenvalue weighted by atomic mass is 10.0. The van der Waals surface area contributed by atoms with Crippen molar-refractivity contribution in [2.45, 2.75) is 52.5 Å². The van der Waals surface area contributed by atoms with Crippen molar-refractivity contribution in [2.75, 3.05) is 18.1 Å². The maximum Gasteiger partial charge on any atom is 0.220 e. The zero-order valence-corrected chi connectivity index (χ0v) is 21.1. The lowest BCUT2D eigenvalue weighted by molar-refractivity contribution is 0.297. The standard InChI is InChI=1S/C31H36N2O2/c1-4-10-26-11-6-8-13-29(26)33(22-5-2)24(3)21-23-34-27-18-15-25(16-19-27)17-20-31-32-28-12-7-9-14-30(28)35-31/h6-9,11-20,24H,4-5,10,21-23H2,1-3H3/b20-17+. The zero-order chi connectivity index (χ0) is 24.5. The topological polar surface area (TPSA) is 38.5 Å². The largest absolute Gasteiger partial charge is 0.494 e. The van der Waals surface area contributed by atoms with Gasteiger partial charge in [-0.05, 0) is 67.3 Å². The van der Waals surface area contributed by atoms with E-state index in [0.717, 1.165) is 54.6 Å². The van der Waals surface area contributed by atoms with E-state index in [4.69, 9.17) is 9.15 Å². The molecule has 182 valence electrons. The summed E-state index contributed by atoms with van der Waals surface area (Å²) in [4.78, 5) is 7.03. The summed E-state index contributed by atoms with van der Waals surface area (Å²) in [6.45, 7) is 8.55. The van der Waals surface area contributed by atoms with Gasteiger partial charge in [-0.2, -0.15) is 0 Å². The van der Waals surface area contributed by atoms with Gasteiger partial charge in [-0.3, -0.25) is 0 Å². The van der Waals surface area contributed by atoms with Gasteiger partial charge in [-0.15, -0.1) is 0 Å². The quantitative estimate of drug-likeness (QED) is 0.211. The summed E-state index contributed by atoms with van der Waals surface area (Å²) in [6.07, 6.45) is 8.29. The number of oxazole rings is 1. The predicted molar refractivity (Wildman–Crippen MR) is 147 cm³/mol. The summed E-state index contributed by atoms with van der Waals surface area (Å²) < 4.78 is 11.8. The van der Waals surface area contributed by atoms with Gasteiger partial charge in [0.25, 0.3) is 0 Å². The third-order valence-electron chi connectivity index (χ3n) is 6.23. The van der Waals surface area contributed by atoms with Crippen molar-refractivity contribution in [1.29, 1.82) is 0 Å². The van der Waals surface area contributed by atoms with Crippen LogP contribution in [0.1, 0.15) is 57.1 Å². The number of benzene rings is 3. The number of fused-ring (bicyclic) bond motifs is 1. The van der Waals surface area contributed by atoms with Crippen molar-refractivity contribution in [2.24, 2.45) is 0 Å². The van der Waals surface area contributed by atoms with Crippen LogP contribution < -0.4 is 9.64 Å². The first-order valence-corrected chi connectivity index (χ1v) is 12.8. The Morgan fingerprint density at radius 1 is 0.914 bits per heavy atom. The summed E-state index contributed by atoms with van der Waals surface area (Å²) in [5, 5.41) is 0. The van der Waals surface area contributed by atoms with E-state index in [1.807, 2.05) is 48.6 Å². The fourth-order valence-corrected chi connectivity index (χ4v) is 4.40. The smallest absolute Gasteiger partial charge is 0.220 e. The molecule has 0 aliphatic rings. The molecule has 0 bridgehead atoms. The summed E-state index contributed by atoms with van der Waals surface area (Å²) in [5.74, 6) is 1.50. The molecule has 1 aromatic heterocycles. The summed E-state index contributed by atoms with van der Waals surface area (Å²) in [7, 11) is 0. The Morgan fingerprint density at radius 3 is 2.46 bits per heavy atom. The number of nitrogens with zero attached hydrogens (tertiary/aromatic N) is 2. The average molecular weight is 469 g/mol. The third kappa shape index (κ3) is 6.54. The van der Waals surface area contributed by atoms with Crippen LogP contribution >= 0.6 is 0 Å². The second-order valence-electron chi connectivity index (χ2n) is 8.98. The molecule has 3 aromatic carbocycles. The van der Waals surface area contributed by atoms with Crippen LogP contribution in [0.25, 0.3) is 23.3 Å². The van der Waals surface area contributed by atoms with E-state index in [9.17, 15) is 0 Å². The Kier molecular flexibility index (Phi) is 8.61. The number of anilines is 1. The molecule has 4 aromatic rings. The molecule has 0 aliphatic heterocycles. The SMILES string of the molecule is CCCc1ccccc1N(CCC)C(C)CCOc1ccc(/C=C/c2nc3ccccc3o2)cc1. The van der Waals surface area contributed by atoms with Gasteiger partial charge in [0.15, 0.2) is 5.58 Å². The van der Waals surface area contributed by atoms with Gasteiger partial charge in [-0.25, -0.2) is 4.98 Å². The number of aryl methyl sites for hydroxylation is 1. The zero-order valence-electron chi connectivity index (χ0n) is 21.1. The Bertz CT molecular complexity index is 1190. The van der Waals surface area contributed by atoms with Crippen LogP contribution in [-0.4, -0.2) is 24.2 Å². The van der Waals surface area contributed by atoms with Crippen molar-refractivity contribution < 1.29 is 9.15 Å². The molecule has 0 amide bonds. The van der Waals surface area contributed by atoms with Crippen LogP contribution in [0.15, 0.2) is 77.2 Å². The van der Waals surface area contributed by atoms with Crippen molar-refractivity contribution in [3.05, 3.63) is 89.8 Å². The predicted octanol–water partition coefficient (Wildman–Crippen LogP) is 8.02. The van der Waals surface area contributed by atoms with Crippen LogP contribution in [0.4, 0.5) is 5.69 Å². The molecule has 1 heterocycles. The Morgan fingerprint density at radius 2 is 1.69 bits per heavy atom. The van der Waals surface area contributed by atoms with Crippen LogP contribution in [-0.2, 0) is 6.42 Å². The van der Waals surface area contributed by atoms with E-state index in [2.05, 4.69) is 67.1 Å². The molecule has 4 rings (SSSR count). The van der Waals surface area contributed by atoms with Gasteiger partial charge in [0.05, 0.1) is 6.61 Å². The molecule has 4 nitrogen and oxygen atoms in total. The van der Waals surface area contributed by atoms with Gasteiger partial charge in [0, 0.05) is 30.8 Å². The second kappa shape index (κ2) is 12.3. The lowest BCUT2D eigenvalue weighted by Gasteiger charge is -2.33. The number of para-hydroxylation sites is 3. The lowest BCUT2D eigenvalue weighted by Crippen LogP contribution is -2.35. The second-order valence-corrected chi connectivity index (χ2v) is 8.98. The highest BCUT2D eigenvalue weighted by molar-refractivity contribution is 5.75.